The van der Waals surface area contributed by atoms with E-state index in [-0.39, 0.29) is 0 Å². The first-order valence-corrected chi connectivity index (χ1v) is 20.7. The normalized spacial score (nSPS) is 13.0. The van der Waals surface area contributed by atoms with Crippen LogP contribution in [0.5, 0.6) is 0 Å². The van der Waals surface area contributed by atoms with Gasteiger partial charge in [-0.05, 0) is 74.1 Å². The fourth-order valence-electron chi connectivity index (χ4n) is 8.05. The number of hydrogen-bond acceptors (Lipinski definition) is 4. The molecule has 0 saturated carbocycles. The number of rotatable bonds is 5. The molecule has 0 N–H and O–H groups in total. The van der Waals surface area contributed by atoms with Gasteiger partial charge < -0.3 is 4.42 Å². The smallest absolute Gasteiger partial charge is 0.164 e. The van der Waals surface area contributed by atoms with Gasteiger partial charge in [0.1, 0.15) is 19.2 Å². The van der Waals surface area contributed by atoms with E-state index in [0.29, 0.717) is 17.5 Å². The van der Waals surface area contributed by atoms with Crippen molar-refractivity contribution >= 4 is 40.4 Å². The molecule has 10 rings (SSSR count). The van der Waals surface area contributed by atoms with Gasteiger partial charge in [-0.2, -0.15) is 0 Å². The SMILES string of the molecule is C[Si]1(C)c2ccccc2-c2cc(-c3nc(-c4ccccc4)nc(-c4cc5c(cc4-c4ccccc4)oc4ccccc45)n3)cc(-c3ccccc3)c21. The molecule has 9 aromatic rings. The highest BCUT2D eigenvalue weighted by Crippen LogP contribution is 2.41. The van der Waals surface area contributed by atoms with Crippen LogP contribution in [0, 0.1) is 0 Å². The summed E-state index contributed by atoms with van der Waals surface area (Å²) in [5.74, 6) is 1.89. The van der Waals surface area contributed by atoms with Crippen LogP contribution < -0.4 is 10.4 Å². The average Bonchev–Trinajstić information content (AvgIpc) is 3.69. The lowest BCUT2D eigenvalue weighted by Gasteiger charge is -2.23. The molecule has 5 heteroatoms. The molecule has 0 unspecified atom stereocenters. The molecular formula is C47H33N3OSi. The Kier molecular flexibility index (Phi) is 6.91. The lowest BCUT2D eigenvalue weighted by molar-refractivity contribution is 0.669. The summed E-state index contributed by atoms with van der Waals surface area (Å²) >= 11 is 0. The molecule has 0 amide bonds. The van der Waals surface area contributed by atoms with Crippen molar-refractivity contribution in [1.82, 2.24) is 15.0 Å². The van der Waals surface area contributed by atoms with Crippen LogP contribution in [-0.4, -0.2) is 23.0 Å². The largest absolute Gasteiger partial charge is 0.456 e. The van der Waals surface area contributed by atoms with E-state index in [1.54, 1.807) is 0 Å². The lowest BCUT2D eigenvalue weighted by atomic mass is 9.95. The third kappa shape index (κ3) is 4.85. The summed E-state index contributed by atoms with van der Waals surface area (Å²) in [5, 5.41) is 5.02. The van der Waals surface area contributed by atoms with Crippen molar-refractivity contribution in [1.29, 1.82) is 0 Å². The van der Waals surface area contributed by atoms with Crippen molar-refractivity contribution in [2.45, 2.75) is 13.1 Å². The van der Waals surface area contributed by atoms with E-state index in [2.05, 4.69) is 140 Å². The van der Waals surface area contributed by atoms with Gasteiger partial charge >= 0.3 is 0 Å². The molecule has 0 bridgehead atoms. The van der Waals surface area contributed by atoms with E-state index in [4.69, 9.17) is 19.4 Å². The Morgan fingerprint density at radius 2 is 0.942 bits per heavy atom. The van der Waals surface area contributed by atoms with Gasteiger partial charge in [-0.15, -0.1) is 0 Å². The predicted molar refractivity (Wildman–Crippen MR) is 216 cm³/mol. The van der Waals surface area contributed by atoms with E-state index in [0.717, 1.165) is 49.8 Å². The van der Waals surface area contributed by atoms with Crippen LogP contribution in [-0.2, 0) is 0 Å². The molecule has 3 heterocycles. The Morgan fingerprint density at radius 3 is 1.67 bits per heavy atom. The fourth-order valence-corrected chi connectivity index (χ4v) is 11.5. The van der Waals surface area contributed by atoms with Crippen molar-refractivity contribution in [2.75, 3.05) is 0 Å². The van der Waals surface area contributed by atoms with Gasteiger partial charge in [-0.25, -0.2) is 15.0 Å². The van der Waals surface area contributed by atoms with Gasteiger partial charge in [-0.3, -0.25) is 0 Å². The van der Waals surface area contributed by atoms with Gasteiger partial charge in [0.15, 0.2) is 17.5 Å². The van der Waals surface area contributed by atoms with Gasteiger partial charge in [0, 0.05) is 27.5 Å². The minimum absolute atomic E-state index is 0.617. The highest BCUT2D eigenvalue weighted by molar-refractivity contribution is 7.04. The van der Waals surface area contributed by atoms with E-state index in [1.807, 2.05) is 36.4 Å². The minimum atomic E-state index is -2.01. The maximum absolute atomic E-state index is 6.39. The topological polar surface area (TPSA) is 51.8 Å². The molecule has 1 aliphatic rings. The van der Waals surface area contributed by atoms with Gasteiger partial charge in [-0.1, -0.05) is 147 Å². The quantitative estimate of drug-likeness (QED) is 0.169. The first kappa shape index (κ1) is 30.4. The van der Waals surface area contributed by atoms with Crippen molar-refractivity contribution in [2.24, 2.45) is 0 Å². The monoisotopic (exact) mass is 683 g/mol. The zero-order chi connectivity index (χ0) is 34.8. The molecule has 4 nitrogen and oxygen atoms in total. The van der Waals surface area contributed by atoms with Crippen LogP contribution in [0.15, 0.2) is 168 Å². The second-order valence-corrected chi connectivity index (χ2v) is 18.3. The highest BCUT2D eigenvalue weighted by atomic mass is 28.3. The number of fused-ring (bicyclic) bond motifs is 6. The summed E-state index contributed by atoms with van der Waals surface area (Å²) < 4.78 is 6.39. The minimum Gasteiger partial charge on any atom is -0.456 e. The van der Waals surface area contributed by atoms with E-state index < -0.39 is 8.07 Å². The number of para-hydroxylation sites is 1. The van der Waals surface area contributed by atoms with Crippen LogP contribution in [0.2, 0.25) is 13.1 Å². The average molecular weight is 684 g/mol. The summed E-state index contributed by atoms with van der Waals surface area (Å²) in [7, 11) is -2.01. The Balaban J connectivity index is 1.27. The first-order chi connectivity index (χ1) is 25.5. The van der Waals surface area contributed by atoms with E-state index >= 15 is 0 Å². The summed E-state index contributed by atoms with van der Waals surface area (Å²) in [4.78, 5) is 15.8. The fraction of sp³-hybridized carbons (Fsp3) is 0.0426. The Morgan fingerprint density at radius 1 is 0.385 bits per heavy atom. The summed E-state index contributed by atoms with van der Waals surface area (Å²) in [6, 6.07) is 57.5. The number of furan rings is 1. The molecule has 0 saturated heterocycles. The maximum atomic E-state index is 6.39. The molecule has 1 aliphatic heterocycles. The molecule has 0 atom stereocenters. The van der Waals surface area contributed by atoms with Crippen LogP contribution in [0.25, 0.3) is 89.5 Å². The number of hydrogen-bond donors (Lipinski definition) is 0. The zero-order valence-corrected chi connectivity index (χ0v) is 29.8. The highest BCUT2D eigenvalue weighted by Gasteiger charge is 2.40. The predicted octanol–water partition coefficient (Wildman–Crippen LogP) is 10.9. The summed E-state index contributed by atoms with van der Waals surface area (Å²) in [5.41, 5.74) is 11.6. The Labute approximate surface area is 303 Å². The molecule has 52 heavy (non-hydrogen) atoms. The van der Waals surface area contributed by atoms with E-state index in [1.165, 1.54) is 32.6 Å². The number of benzene rings is 7. The third-order valence-corrected chi connectivity index (χ3v) is 14.1. The molecule has 2 aromatic heterocycles. The molecule has 0 radical (unpaired) electrons. The second kappa shape index (κ2) is 11.8. The van der Waals surface area contributed by atoms with Crippen LogP contribution in [0.4, 0.5) is 0 Å². The summed E-state index contributed by atoms with van der Waals surface area (Å²) in [6.45, 7) is 4.94. The van der Waals surface area contributed by atoms with E-state index in [9.17, 15) is 0 Å². The third-order valence-electron chi connectivity index (χ3n) is 10.5. The van der Waals surface area contributed by atoms with Crippen molar-refractivity contribution < 1.29 is 4.42 Å². The molecule has 0 fully saturated rings. The summed E-state index contributed by atoms with van der Waals surface area (Å²) in [6.07, 6.45) is 0. The van der Waals surface area contributed by atoms with Crippen molar-refractivity contribution in [3.05, 3.63) is 164 Å². The number of nitrogens with zero attached hydrogens (tertiary/aromatic N) is 3. The zero-order valence-electron chi connectivity index (χ0n) is 28.8. The van der Waals surface area contributed by atoms with Crippen molar-refractivity contribution in [3.8, 4) is 67.5 Å². The molecule has 0 aliphatic carbocycles. The standard InChI is InChI=1S/C47H33N3OSi/c1-52(2)43-25-15-13-23-35(43)39-27-33(26-37(44(39)52)31-18-8-4-9-19-31)46-48-45(32-20-10-5-11-21-32)49-47(50-46)40-28-38-34-22-12-14-24-41(34)51-42(38)29-36(40)30-16-6-3-7-17-30/h3-29H,1-2H3. The van der Waals surface area contributed by atoms with Crippen LogP contribution >= 0.6 is 0 Å². The second-order valence-electron chi connectivity index (χ2n) is 14.0. The van der Waals surface area contributed by atoms with Gasteiger partial charge in [0.2, 0.25) is 0 Å². The Bertz CT molecular complexity index is 2810. The molecule has 0 spiro atoms. The first-order valence-electron chi connectivity index (χ1n) is 17.7. The lowest BCUT2D eigenvalue weighted by Crippen LogP contribution is -2.50. The van der Waals surface area contributed by atoms with Gasteiger partial charge in [0.05, 0.1) is 0 Å². The van der Waals surface area contributed by atoms with Crippen LogP contribution in [0.1, 0.15) is 0 Å². The Hall–Kier alpha value is -6.43. The van der Waals surface area contributed by atoms with Gasteiger partial charge in [0.25, 0.3) is 0 Å². The van der Waals surface area contributed by atoms with Crippen molar-refractivity contribution in [3.63, 3.8) is 0 Å². The maximum Gasteiger partial charge on any atom is 0.164 e. The molecular weight excluding hydrogens is 651 g/mol. The van der Waals surface area contributed by atoms with Crippen LogP contribution in [0.3, 0.4) is 0 Å². The molecule has 246 valence electrons. The number of aromatic nitrogens is 3. The molecule has 7 aromatic carbocycles.